The number of ether oxygens (including phenoxy) is 1. The summed E-state index contributed by atoms with van der Waals surface area (Å²) in [5, 5.41) is 0. The van der Waals surface area contributed by atoms with E-state index in [1.54, 1.807) is 6.08 Å². The lowest BCUT2D eigenvalue weighted by Gasteiger charge is -1.98. The van der Waals surface area contributed by atoms with Crippen LogP contribution in [-0.2, 0) is 9.53 Å². The Bertz CT molecular complexity index is 429. The van der Waals surface area contributed by atoms with E-state index in [0.29, 0.717) is 11.3 Å². The third-order valence-corrected chi connectivity index (χ3v) is 1.98. The van der Waals surface area contributed by atoms with Gasteiger partial charge in [-0.25, -0.2) is 4.79 Å². The van der Waals surface area contributed by atoms with Gasteiger partial charge in [-0.1, -0.05) is 19.2 Å². The fourth-order valence-electron chi connectivity index (χ4n) is 1.23. The van der Waals surface area contributed by atoms with Gasteiger partial charge in [-0.3, -0.25) is 4.79 Å². The fourth-order valence-corrected chi connectivity index (χ4v) is 1.23. The molecule has 0 saturated carbocycles. The maximum absolute atomic E-state index is 11.5. The van der Waals surface area contributed by atoms with Crippen LogP contribution in [0.4, 0.5) is 0 Å². The molecule has 0 unspecified atom stereocenters. The van der Waals surface area contributed by atoms with Crippen molar-refractivity contribution < 1.29 is 14.3 Å². The number of nitrogens with one attached hydrogen (secondary N) is 1. The van der Waals surface area contributed by atoms with Crippen molar-refractivity contribution in [1.82, 2.24) is 4.98 Å². The van der Waals surface area contributed by atoms with Crippen LogP contribution >= 0.6 is 0 Å². The van der Waals surface area contributed by atoms with Crippen LogP contribution in [0.15, 0.2) is 19.4 Å². The monoisotopic (exact) mass is 205 g/mol. The van der Waals surface area contributed by atoms with Crippen molar-refractivity contribution in [3.05, 3.63) is 36.2 Å². The molecular weight excluding hydrogens is 194 g/mol. The zero-order valence-corrected chi connectivity index (χ0v) is 8.37. The van der Waals surface area contributed by atoms with Crippen LogP contribution in [0.5, 0.6) is 0 Å². The summed E-state index contributed by atoms with van der Waals surface area (Å²) in [5.74, 6) is -1.59. The summed E-state index contributed by atoms with van der Waals surface area (Å²) in [6.45, 7) is 7.14. The molecule has 0 aromatic carbocycles. The Morgan fingerprint density at radius 3 is 2.53 bits per heavy atom. The number of ketones is 1. The van der Waals surface area contributed by atoms with Crippen molar-refractivity contribution >= 4 is 23.9 Å². The van der Waals surface area contributed by atoms with Crippen LogP contribution in [-0.4, -0.2) is 23.8 Å². The Morgan fingerprint density at radius 1 is 1.40 bits per heavy atom. The molecule has 0 aliphatic heterocycles. The standard InChI is InChI=1S/C11H11NO3/c1-4-7-8(6-12-9(7)5-2)10(13)11(14)15-3/h4-6,12H,1-2H2,3H3. The normalized spacial score (nSPS) is 9.40. The van der Waals surface area contributed by atoms with Gasteiger partial charge in [0.25, 0.3) is 5.78 Å². The van der Waals surface area contributed by atoms with E-state index >= 15 is 0 Å². The molecule has 0 aliphatic carbocycles. The molecule has 0 amide bonds. The number of rotatable bonds is 4. The molecule has 4 heteroatoms. The molecule has 1 aromatic heterocycles. The number of Topliss-reactive ketones (excluding diaryl/α,β-unsaturated/α-hetero) is 1. The van der Waals surface area contributed by atoms with E-state index in [1.165, 1.54) is 12.3 Å². The topological polar surface area (TPSA) is 59.2 Å². The van der Waals surface area contributed by atoms with E-state index in [0.717, 1.165) is 7.11 Å². The summed E-state index contributed by atoms with van der Waals surface area (Å²) in [5.41, 5.74) is 1.45. The number of esters is 1. The second-order valence-electron chi connectivity index (χ2n) is 2.76. The van der Waals surface area contributed by atoms with Gasteiger partial charge in [0.2, 0.25) is 0 Å². The Balaban J connectivity index is 3.20. The minimum Gasteiger partial charge on any atom is -0.463 e. The molecule has 0 saturated heterocycles. The lowest BCUT2D eigenvalue weighted by Crippen LogP contribution is -2.15. The SMILES string of the molecule is C=Cc1[nH]cc(C(=O)C(=O)OC)c1C=C. The Kier molecular flexibility index (Phi) is 3.23. The average Bonchev–Trinajstić information content (AvgIpc) is 2.69. The van der Waals surface area contributed by atoms with Gasteiger partial charge in [-0.05, 0) is 6.08 Å². The second-order valence-corrected chi connectivity index (χ2v) is 2.76. The molecular formula is C11H11NO3. The Labute approximate surface area is 87.3 Å². The highest BCUT2D eigenvalue weighted by molar-refractivity contribution is 6.41. The third-order valence-electron chi connectivity index (χ3n) is 1.98. The summed E-state index contributed by atoms with van der Waals surface area (Å²) in [6.07, 6.45) is 4.47. The third kappa shape index (κ3) is 1.88. The number of methoxy groups -OCH3 is 1. The van der Waals surface area contributed by atoms with E-state index in [-0.39, 0.29) is 5.56 Å². The molecule has 1 N–H and O–H groups in total. The summed E-state index contributed by atoms with van der Waals surface area (Å²) in [4.78, 5) is 25.4. The van der Waals surface area contributed by atoms with Gasteiger partial charge in [-0.15, -0.1) is 0 Å². The van der Waals surface area contributed by atoms with Crippen molar-refractivity contribution in [2.24, 2.45) is 0 Å². The predicted molar refractivity (Wildman–Crippen MR) is 57.3 cm³/mol. The number of H-pyrrole nitrogens is 1. The highest BCUT2D eigenvalue weighted by Crippen LogP contribution is 2.17. The highest BCUT2D eigenvalue weighted by Gasteiger charge is 2.21. The molecule has 4 nitrogen and oxygen atoms in total. The average molecular weight is 205 g/mol. The van der Waals surface area contributed by atoms with Crippen LogP contribution in [0.25, 0.3) is 12.2 Å². The first-order chi connectivity index (χ1) is 7.15. The van der Waals surface area contributed by atoms with E-state index in [4.69, 9.17) is 0 Å². The van der Waals surface area contributed by atoms with Gasteiger partial charge in [0.05, 0.1) is 12.7 Å². The molecule has 0 aliphatic rings. The summed E-state index contributed by atoms with van der Waals surface area (Å²) >= 11 is 0. The summed E-state index contributed by atoms with van der Waals surface area (Å²) in [6, 6.07) is 0. The number of carbonyl (C=O) groups is 2. The van der Waals surface area contributed by atoms with Crippen LogP contribution in [0.1, 0.15) is 21.6 Å². The first kappa shape index (κ1) is 11.0. The van der Waals surface area contributed by atoms with Gasteiger partial charge in [-0.2, -0.15) is 0 Å². The summed E-state index contributed by atoms with van der Waals surface area (Å²) < 4.78 is 4.35. The van der Waals surface area contributed by atoms with Crippen LogP contribution in [0, 0.1) is 0 Å². The van der Waals surface area contributed by atoms with Gasteiger partial charge >= 0.3 is 5.97 Å². The predicted octanol–water partition coefficient (Wildman–Crippen LogP) is 1.66. The molecule has 0 bridgehead atoms. The molecule has 1 aromatic rings. The first-order valence-electron chi connectivity index (χ1n) is 4.24. The van der Waals surface area contributed by atoms with Crippen molar-refractivity contribution in [2.75, 3.05) is 7.11 Å². The van der Waals surface area contributed by atoms with Gasteiger partial charge in [0.1, 0.15) is 0 Å². The largest absolute Gasteiger partial charge is 0.463 e. The molecule has 0 radical (unpaired) electrons. The number of aromatic amines is 1. The zero-order valence-electron chi connectivity index (χ0n) is 8.37. The lowest BCUT2D eigenvalue weighted by molar-refractivity contribution is -0.135. The number of hydrogen-bond acceptors (Lipinski definition) is 3. The molecule has 15 heavy (non-hydrogen) atoms. The Hall–Kier alpha value is -2.10. The van der Waals surface area contributed by atoms with Crippen molar-refractivity contribution in [3.8, 4) is 0 Å². The maximum Gasteiger partial charge on any atom is 0.379 e. The fraction of sp³-hybridized carbons (Fsp3) is 0.0909. The Morgan fingerprint density at radius 2 is 2.07 bits per heavy atom. The smallest absolute Gasteiger partial charge is 0.379 e. The van der Waals surface area contributed by atoms with E-state index in [1.807, 2.05) is 0 Å². The van der Waals surface area contributed by atoms with Crippen LogP contribution < -0.4 is 0 Å². The number of carbonyl (C=O) groups excluding carboxylic acids is 2. The van der Waals surface area contributed by atoms with E-state index in [9.17, 15) is 9.59 Å². The van der Waals surface area contributed by atoms with Crippen molar-refractivity contribution in [2.45, 2.75) is 0 Å². The molecule has 1 rings (SSSR count). The first-order valence-corrected chi connectivity index (χ1v) is 4.24. The van der Waals surface area contributed by atoms with E-state index in [2.05, 4.69) is 22.9 Å². The van der Waals surface area contributed by atoms with Crippen molar-refractivity contribution in [1.29, 1.82) is 0 Å². The lowest BCUT2D eigenvalue weighted by atomic mass is 10.1. The van der Waals surface area contributed by atoms with Gasteiger partial charge < -0.3 is 9.72 Å². The zero-order chi connectivity index (χ0) is 11.4. The maximum atomic E-state index is 11.5. The highest BCUT2D eigenvalue weighted by atomic mass is 16.5. The molecule has 1 heterocycles. The number of aromatic nitrogens is 1. The summed E-state index contributed by atoms with van der Waals surface area (Å²) in [7, 11) is 1.16. The van der Waals surface area contributed by atoms with E-state index < -0.39 is 11.8 Å². The minimum atomic E-state index is -0.896. The van der Waals surface area contributed by atoms with Gasteiger partial charge in [0.15, 0.2) is 0 Å². The minimum absolute atomic E-state index is 0.242. The van der Waals surface area contributed by atoms with Gasteiger partial charge in [0, 0.05) is 17.5 Å². The molecule has 0 atom stereocenters. The molecule has 0 fully saturated rings. The van der Waals surface area contributed by atoms with Crippen molar-refractivity contribution in [3.63, 3.8) is 0 Å². The van der Waals surface area contributed by atoms with Crippen LogP contribution in [0.3, 0.4) is 0 Å². The number of hydrogen-bond donors (Lipinski definition) is 1. The quantitative estimate of drug-likeness (QED) is 0.462. The molecule has 78 valence electrons. The van der Waals surface area contributed by atoms with Crippen LogP contribution in [0.2, 0.25) is 0 Å². The second kappa shape index (κ2) is 4.41. The molecule has 0 spiro atoms.